The van der Waals surface area contributed by atoms with Gasteiger partial charge in [0.15, 0.2) is 0 Å². The van der Waals surface area contributed by atoms with E-state index in [9.17, 15) is 4.79 Å². The molecule has 1 aromatic heterocycles. The number of hydrogen-bond acceptors (Lipinski definition) is 3. The monoisotopic (exact) mass is 324 g/mol. The number of halogens is 2. The second-order valence-corrected chi connectivity index (χ2v) is 5.20. The number of rotatable bonds is 4. The first-order valence-electron chi connectivity index (χ1n) is 6.27. The summed E-state index contributed by atoms with van der Waals surface area (Å²) in [7, 11) is 1.59. The van der Waals surface area contributed by atoms with Gasteiger partial charge >= 0.3 is 0 Å². The third-order valence-electron chi connectivity index (χ3n) is 3.01. The average Bonchev–Trinajstić information content (AvgIpc) is 2.49. The highest BCUT2D eigenvalue weighted by Crippen LogP contribution is 2.25. The zero-order chi connectivity index (χ0) is 15.4. The largest absolute Gasteiger partial charge is 0.496 e. The Morgan fingerprint density at radius 1 is 1.33 bits per heavy atom. The molecule has 1 N–H and O–H groups in total. The smallest absolute Gasteiger partial charge is 0.253 e. The van der Waals surface area contributed by atoms with Crippen LogP contribution in [0.2, 0.25) is 10.2 Å². The number of amides is 1. The van der Waals surface area contributed by atoms with Gasteiger partial charge in [-0.1, -0.05) is 41.4 Å². The van der Waals surface area contributed by atoms with Crippen molar-refractivity contribution in [2.75, 3.05) is 7.11 Å². The van der Waals surface area contributed by atoms with E-state index in [1.807, 2.05) is 31.2 Å². The Morgan fingerprint density at radius 2 is 2.05 bits per heavy atom. The zero-order valence-electron chi connectivity index (χ0n) is 11.6. The van der Waals surface area contributed by atoms with Crippen LogP contribution in [0, 0.1) is 0 Å². The van der Waals surface area contributed by atoms with E-state index in [0.717, 1.165) is 11.3 Å². The fourth-order valence-electron chi connectivity index (χ4n) is 1.93. The Morgan fingerprint density at radius 3 is 2.71 bits per heavy atom. The minimum absolute atomic E-state index is 0.172. The first-order chi connectivity index (χ1) is 10.0. The van der Waals surface area contributed by atoms with Gasteiger partial charge in [0.2, 0.25) is 0 Å². The van der Waals surface area contributed by atoms with Gasteiger partial charge in [0.25, 0.3) is 5.91 Å². The molecular formula is C15H14Cl2N2O2. The van der Waals surface area contributed by atoms with Gasteiger partial charge in [-0.3, -0.25) is 4.79 Å². The number of nitrogens with zero attached hydrogens (tertiary/aromatic N) is 1. The first-order valence-corrected chi connectivity index (χ1v) is 7.03. The molecule has 1 aromatic carbocycles. The Labute approximate surface area is 133 Å². The Bertz CT molecular complexity index is 662. The van der Waals surface area contributed by atoms with E-state index in [2.05, 4.69) is 10.3 Å². The van der Waals surface area contributed by atoms with Crippen LogP contribution in [0.1, 0.15) is 28.9 Å². The van der Waals surface area contributed by atoms with Gasteiger partial charge in [0.05, 0.1) is 23.7 Å². The van der Waals surface area contributed by atoms with E-state index in [1.165, 1.54) is 12.3 Å². The molecule has 0 aliphatic rings. The zero-order valence-corrected chi connectivity index (χ0v) is 13.1. The lowest BCUT2D eigenvalue weighted by atomic mass is 10.1. The molecule has 0 spiro atoms. The van der Waals surface area contributed by atoms with E-state index < -0.39 is 0 Å². The van der Waals surface area contributed by atoms with Crippen LogP contribution in [0.5, 0.6) is 5.75 Å². The Hall–Kier alpha value is -1.78. The number of methoxy groups -OCH3 is 1. The molecule has 0 aliphatic carbocycles. The average molecular weight is 325 g/mol. The predicted octanol–water partition coefficient (Wildman–Crippen LogP) is 3.89. The number of hydrogen-bond donors (Lipinski definition) is 1. The van der Waals surface area contributed by atoms with Crippen molar-refractivity contribution in [3.8, 4) is 5.75 Å². The fraction of sp³-hybridized carbons (Fsp3) is 0.200. The summed E-state index contributed by atoms with van der Waals surface area (Å²) in [6, 6.07) is 8.78. The van der Waals surface area contributed by atoms with Crippen molar-refractivity contribution in [3.05, 3.63) is 57.8 Å². The maximum atomic E-state index is 12.2. The molecule has 4 nitrogen and oxygen atoms in total. The molecule has 6 heteroatoms. The number of para-hydroxylation sites is 1. The van der Waals surface area contributed by atoms with Gasteiger partial charge in [0.1, 0.15) is 10.9 Å². The van der Waals surface area contributed by atoms with Crippen LogP contribution >= 0.6 is 23.2 Å². The molecule has 1 amide bonds. The van der Waals surface area contributed by atoms with Gasteiger partial charge in [-0.2, -0.15) is 0 Å². The normalized spacial score (nSPS) is 11.8. The SMILES string of the molecule is COc1ccccc1[C@@H](C)NC(=O)c1cnc(Cl)c(Cl)c1. The predicted molar refractivity (Wildman–Crippen MR) is 83.1 cm³/mol. The van der Waals surface area contributed by atoms with Crippen molar-refractivity contribution >= 4 is 29.1 Å². The van der Waals surface area contributed by atoms with Gasteiger partial charge in [0, 0.05) is 11.8 Å². The second kappa shape index (κ2) is 6.78. The fourth-order valence-corrected chi connectivity index (χ4v) is 2.20. The summed E-state index contributed by atoms with van der Waals surface area (Å²) >= 11 is 11.6. The highest BCUT2D eigenvalue weighted by Gasteiger charge is 2.15. The lowest BCUT2D eigenvalue weighted by Crippen LogP contribution is -2.27. The number of benzene rings is 1. The molecule has 21 heavy (non-hydrogen) atoms. The summed E-state index contributed by atoms with van der Waals surface area (Å²) in [4.78, 5) is 16.1. The van der Waals surface area contributed by atoms with E-state index in [1.54, 1.807) is 7.11 Å². The molecular weight excluding hydrogens is 311 g/mol. The van der Waals surface area contributed by atoms with Crippen LogP contribution in [0.4, 0.5) is 0 Å². The van der Waals surface area contributed by atoms with Crippen molar-refractivity contribution in [1.82, 2.24) is 10.3 Å². The molecule has 2 rings (SSSR count). The topological polar surface area (TPSA) is 51.2 Å². The third kappa shape index (κ3) is 3.65. The van der Waals surface area contributed by atoms with Gasteiger partial charge < -0.3 is 10.1 Å². The van der Waals surface area contributed by atoms with E-state index in [-0.39, 0.29) is 22.1 Å². The van der Waals surface area contributed by atoms with Gasteiger partial charge in [-0.25, -0.2) is 4.98 Å². The van der Waals surface area contributed by atoms with Crippen LogP contribution in [-0.2, 0) is 0 Å². The number of nitrogens with one attached hydrogen (secondary N) is 1. The van der Waals surface area contributed by atoms with Crippen LogP contribution in [-0.4, -0.2) is 18.0 Å². The Balaban J connectivity index is 2.16. The van der Waals surface area contributed by atoms with Crippen LogP contribution in [0.25, 0.3) is 0 Å². The van der Waals surface area contributed by atoms with Crippen molar-refractivity contribution in [2.45, 2.75) is 13.0 Å². The van der Waals surface area contributed by atoms with Crippen molar-refractivity contribution in [1.29, 1.82) is 0 Å². The molecule has 1 heterocycles. The third-order valence-corrected chi connectivity index (χ3v) is 3.70. The molecule has 0 aliphatic heterocycles. The Kier molecular flexibility index (Phi) is 5.04. The summed E-state index contributed by atoms with van der Waals surface area (Å²) in [5, 5.41) is 3.29. The standard InChI is InChI=1S/C15H14Cl2N2O2/c1-9(11-5-3-4-6-13(11)21-2)19-15(20)10-7-12(16)14(17)18-8-10/h3-9H,1-2H3,(H,19,20)/t9-/m1/s1. The van der Waals surface area contributed by atoms with E-state index in [0.29, 0.717) is 5.56 Å². The van der Waals surface area contributed by atoms with Crippen LogP contribution in [0.3, 0.4) is 0 Å². The van der Waals surface area contributed by atoms with Crippen molar-refractivity contribution in [2.24, 2.45) is 0 Å². The molecule has 2 aromatic rings. The van der Waals surface area contributed by atoms with Gasteiger partial charge in [-0.15, -0.1) is 0 Å². The summed E-state index contributed by atoms with van der Waals surface area (Å²) in [6.45, 7) is 1.88. The van der Waals surface area contributed by atoms with Crippen LogP contribution < -0.4 is 10.1 Å². The highest BCUT2D eigenvalue weighted by atomic mass is 35.5. The number of ether oxygens (including phenoxy) is 1. The molecule has 0 bridgehead atoms. The second-order valence-electron chi connectivity index (χ2n) is 4.43. The molecule has 0 radical (unpaired) electrons. The van der Waals surface area contributed by atoms with Crippen LogP contribution in [0.15, 0.2) is 36.5 Å². The van der Waals surface area contributed by atoms with E-state index in [4.69, 9.17) is 27.9 Å². The van der Waals surface area contributed by atoms with E-state index >= 15 is 0 Å². The lowest BCUT2D eigenvalue weighted by Gasteiger charge is -2.17. The summed E-state index contributed by atoms with van der Waals surface area (Å²) in [6.07, 6.45) is 1.39. The molecule has 1 atom stereocenters. The highest BCUT2D eigenvalue weighted by molar-refractivity contribution is 6.41. The number of aromatic nitrogens is 1. The summed E-state index contributed by atoms with van der Waals surface area (Å²) in [5.41, 5.74) is 1.24. The molecule has 0 fully saturated rings. The minimum Gasteiger partial charge on any atom is -0.496 e. The maximum Gasteiger partial charge on any atom is 0.253 e. The lowest BCUT2D eigenvalue weighted by molar-refractivity contribution is 0.0939. The molecule has 0 unspecified atom stereocenters. The number of carbonyl (C=O) groups is 1. The first kappa shape index (κ1) is 15.6. The maximum absolute atomic E-state index is 12.2. The van der Waals surface area contributed by atoms with Crippen molar-refractivity contribution < 1.29 is 9.53 Å². The molecule has 0 saturated carbocycles. The minimum atomic E-state index is -0.278. The molecule has 0 saturated heterocycles. The number of pyridine rings is 1. The summed E-state index contributed by atoms with van der Waals surface area (Å²) in [5.74, 6) is 0.442. The van der Waals surface area contributed by atoms with Crippen molar-refractivity contribution in [3.63, 3.8) is 0 Å². The number of carbonyl (C=O) groups excluding carboxylic acids is 1. The summed E-state index contributed by atoms with van der Waals surface area (Å²) < 4.78 is 5.29. The van der Waals surface area contributed by atoms with Gasteiger partial charge in [-0.05, 0) is 19.1 Å². The quantitative estimate of drug-likeness (QED) is 0.868. The molecule has 110 valence electrons.